The molecule has 1 nitrogen and oxygen atoms in total. The Morgan fingerprint density at radius 3 is 2.70 bits per heavy atom. The average Bonchev–Trinajstić information content (AvgIpc) is 2.52. The van der Waals surface area contributed by atoms with Crippen molar-refractivity contribution in [1.82, 2.24) is 0 Å². The second-order valence-corrected chi connectivity index (χ2v) is 9.19. The summed E-state index contributed by atoms with van der Waals surface area (Å²) in [5.41, 5.74) is 2.40. The Bertz CT molecular complexity index is 488. The molecule has 0 heterocycles. The third kappa shape index (κ3) is 2.95. The molecule has 0 aromatic heterocycles. The average molecular weight is 317 g/mol. The van der Waals surface area contributed by atoms with Gasteiger partial charge in [0.2, 0.25) is 0 Å². The van der Waals surface area contributed by atoms with E-state index in [4.69, 9.17) is 4.74 Å². The van der Waals surface area contributed by atoms with E-state index in [1.807, 2.05) is 0 Å². The van der Waals surface area contributed by atoms with Gasteiger partial charge >= 0.3 is 0 Å². The molecule has 3 unspecified atom stereocenters. The Labute approximate surface area is 143 Å². The van der Waals surface area contributed by atoms with Crippen LogP contribution in [0.2, 0.25) is 0 Å². The molecule has 23 heavy (non-hydrogen) atoms. The molecule has 130 valence electrons. The van der Waals surface area contributed by atoms with Crippen molar-refractivity contribution in [2.24, 2.45) is 34.5 Å². The minimum absolute atomic E-state index is 0.319. The summed E-state index contributed by atoms with van der Waals surface area (Å²) in [6.45, 7) is 13.7. The number of ether oxygens (including phenoxy) is 1. The second-order valence-electron chi connectivity index (χ2n) is 9.19. The van der Waals surface area contributed by atoms with E-state index in [0.29, 0.717) is 16.7 Å². The Hall–Kier alpha value is -0.560. The minimum atomic E-state index is 0.319. The topological polar surface area (TPSA) is 9.23 Å². The van der Waals surface area contributed by atoms with Crippen LogP contribution in [0.25, 0.3) is 0 Å². The number of rotatable bonds is 4. The molecule has 0 spiro atoms. The molecule has 3 aliphatic carbocycles. The predicted octanol–water partition coefficient (Wildman–Crippen LogP) is 6.01. The molecular formula is C22H36O. The maximum atomic E-state index is 5.91. The zero-order valence-corrected chi connectivity index (χ0v) is 15.9. The molecule has 0 radical (unpaired) electrons. The quantitative estimate of drug-likeness (QED) is 0.616. The molecule has 0 N–H and O–H groups in total. The Balaban J connectivity index is 1.92. The van der Waals surface area contributed by atoms with Crippen molar-refractivity contribution in [3.63, 3.8) is 0 Å². The van der Waals surface area contributed by atoms with Crippen molar-refractivity contribution in [3.8, 4) is 0 Å². The largest absolute Gasteiger partial charge is 0.381 e. The van der Waals surface area contributed by atoms with Gasteiger partial charge in [0.15, 0.2) is 0 Å². The van der Waals surface area contributed by atoms with Crippen LogP contribution in [-0.2, 0) is 4.74 Å². The molecule has 3 rings (SSSR count). The summed E-state index contributed by atoms with van der Waals surface area (Å²) in [6, 6.07) is 0. The normalized spacial score (nSPS) is 43.0. The lowest BCUT2D eigenvalue weighted by Gasteiger charge is -2.57. The van der Waals surface area contributed by atoms with E-state index in [1.54, 1.807) is 5.57 Å². The molecule has 5 atom stereocenters. The van der Waals surface area contributed by atoms with E-state index < -0.39 is 0 Å². The van der Waals surface area contributed by atoms with Gasteiger partial charge in [-0.3, -0.25) is 0 Å². The first kappa shape index (κ1) is 17.3. The molecule has 1 fully saturated rings. The molecule has 0 amide bonds. The van der Waals surface area contributed by atoms with Gasteiger partial charge in [-0.05, 0) is 72.7 Å². The van der Waals surface area contributed by atoms with Crippen molar-refractivity contribution in [2.45, 2.75) is 66.7 Å². The Morgan fingerprint density at radius 1 is 1.22 bits per heavy atom. The molecule has 0 aromatic carbocycles. The number of fused-ring (bicyclic) bond motifs is 3. The zero-order chi connectivity index (χ0) is 16.7. The summed E-state index contributed by atoms with van der Waals surface area (Å²) < 4.78 is 5.91. The van der Waals surface area contributed by atoms with Crippen LogP contribution in [0.3, 0.4) is 0 Å². The molecule has 1 heteroatoms. The summed E-state index contributed by atoms with van der Waals surface area (Å²) in [5, 5.41) is 0. The molecular weight excluding hydrogens is 280 g/mol. The smallest absolute Gasteiger partial charge is 0.0525 e. The van der Waals surface area contributed by atoms with Crippen LogP contribution in [0.4, 0.5) is 0 Å². The van der Waals surface area contributed by atoms with E-state index in [2.05, 4.69) is 52.8 Å². The van der Waals surface area contributed by atoms with Gasteiger partial charge < -0.3 is 4.74 Å². The molecule has 0 aromatic rings. The van der Waals surface area contributed by atoms with Gasteiger partial charge in [0, 0.05) is 6.61 Å². The van der Waals surface area contributed by atoms with Crippen LogP contribution < -0.4 is 0 Å². The SMILES string of the molecule is CCOC[C@]1(C)CCC[C@]2(C)C3CCC(C(C)C)C=C3C=CC12. The summed E-state index contributed by atoms with van der Waals surface area (Å²) in [5.74, 6) is 3.00. The maximum absolute atomic E-state index is 5.91. The van der Waals surface area contributed by atoms with Crippen molar-refractivity contribution in [2.75, 3.05) is 13.2 Å². The lowest BCUT2D eigenvalue weighted by Crippen LogP contribution is -2.51. The summed E-state index contributed by atoms with van der Waals surface area (Å²) in [6.07, 6.45) is 14.5. The van der Waals surface area contributed by atoms with E-state index in [-0.39, 0.29) is 0 Å². The summed E-state index contributed by atoms with van der Waals surface area (Å²) in [7, 11) is 0. The van der Waals surface area contributed by atoms with Crippen LogP contribution >= 0.6 is 0 Å². The van der Waals surface area contributed by atoms with Gasteiger partial charge in [-0.15, -0.1) is 0 Å². The predicted molar refractivity (Wildman–Crippen MR) is 98.3 cm³/mol. The van der Waals surface area contributed by atoms with E-state index in [0.717, 1.165) is 31.0 Å². The van der Waals surface area contributed by atoms with E-state index in [9.17, 15) is 0 Å². The highest BCUT2D eigenvalue weighted by Gasteiger charge is 2.53. The fourth-order valence-electron chi connectivity index (χ4n) is 5.91. The highest BCUT2D eigenvalue weighted by molar-refractivity contribution is 5.34. The first-order valence-corrected chi connectivity index (χ1v) is 9.88. The van der Waals surface area contributed by atoms with E-state index in [1.165, 1.54) is 32.1 Å². The summed E-state index contributed by atoms with van der Waals surface area (Å²) in [4.78, 5) is 0. The number of allylic oxidation sites excluding steroid dienone is 4. The molecule has 0 bridgehead atoms. The molecule has 0 aliphatic heterocycles. The molecule has 3 aliphatic rings. The third-order valence-corrected chi connectivity index (χ3v) is 7.29. The highest BCUT2D eigenvalue weighted by atomic mass is 16.5. The Kier molecular flexibility index (Phi) is 4.80. The van der Waals surface area contributed by atoms with Gasteiger partial charge in [0.25, 0.3) is 0 Å². The van der Waals surface area contributed by atoms with Gasteiger partial charge in [0.05, 0.1) is 6.61 Å². The zero-order valence-electron chi connectivity index (χ0n) is 15.9. The van der Waals surface area contributed by atoms with Crippen LogP contribution in [-0.4, -0.2) is 13.2 Å². The molecule has 0 saturated heterocycles. The molecule has 1 saturated carbocycles. The van der Waals surface area contributed by atoms with Gasteiger partial charge in [-0.25, -0.2) is 0 Å². The summed E-state index contributed by atoms with van der Waals surface area (Å²) >= 11 is 0. The van der Waals surface area contributed by atoms with Crippen LogP contribution in [0.15, 0.2) is 23.8 Å². The fraction of sp³-hybridized carbons (Fsp3) is 0.818. The lowest BCUT2D eigenvalue weighted by molar-refractivity contribution is -0.0667. The van der Waals surface area contributed by atoms with Gasteiger partial charge in [-0.2, -0.15) is 0 Å². The van der Waals surface area contributed by atoms with Crippen molar-refractivity contribution in [3.05, 3.63) is 23.8 Å². The van der Waals surface area contributed by atoms with Crippen molar-refractivity contribution >= 4 is 0 Å². The van der Waals surface area contributed by atoms with Gasteiger partial charge in [-0.1, -0.05) is 52.3 Å². The van der Waals surface area contributed by atoms with Crippen LogP contribution in [0.5, 0.6) is 0 Å². The monoisotopic (exact) mass is 316 g/mol. The van der Waals surface area contributed by atoms with Gasteiger partial charge in [0.1, 0.15) is 0 Å². The minimum Gasteiger partial charge on any atom is -0.381 e. The lowest BCUT2D eigenvalue weighted by atomic mass is 9.47. The number of hydrogen-bond donors (Lipinski definition) is 0. The van der Waals surface area contributed by atoms with Crippen LogP contribution in [0, 0.1) is 34.5 Å². The third-order valence-electron chi connectivity index (χ3n) is 7.29. The number of hydrogen-bond acceptors (Lipinski definition) is 1. The van der Waals surface area contributed by atoms with Crippen molar-refractivity contribution < 1.29 is 4.74 Å². The van der Waals surface area contributed by atoms with Crippen LogP contribution in [0.1, 0.15) is 66.7 Å². The van der Waals surface area contributed by atoms with Crippen molar-refractivity contribution in [1.29, 1.82) is 0 Å². The second kappa shape index (κ2) is 6.39. The fourth-order valence-corrected chi connectivity index (χ4v) is 5.91. The maximum Gasteiger partial charge on any atom is 0.0525 e. The van der Waals surface area contributed by atoms with E-state index >= 15 is 0 Å². The highest BCUT2D eigenvalue weighted by Crippen LogP contribution is 2.61. The Morgan fingerprint density at radius 2 is 2.00 bits per heavy atom. The first-order chi connectivity index (χ1) is 10.9. The standard InChI is InChI=1S/C22H36O/c1-6-23-15-21(4)12-7-13-22(5)19-10-8-17(16(2)3)14-18(19)9-11-20(21)22/h9,11,14,16-17,19-20H,6-8,10,12-13,15H2,1-5H3/t17?,19?,20?,21-,22+/m0/s1. The first-order valence-electron chi connectivity index (χ1n) is 9.88.